The van der Waals surface area contributed by atoms with E-state index in [-0.39, 0.29) is 12.5 Å². The Morgan fingerprint density at radius 1 is 1.30 bits per heavy atom. The van der Waals surface area contributed by atoms with E-state index in [0.29, 0.717) is 11.8 Å². The van der Waals surface area contributed by atoms with Crippen LogP contribution in [0.1, 0.15) is 19.4 Å². The zero-order valence-electron chi connectivity index (χ0n) is 12.2. The molecular formula is C14H20Br2N2O2. The summed E-state index contributed by atoms with van der Waals surface area (Å²) in [6.45, 7) is 5.02. The molecule has 4 nitrogen and oxygen atoms in total. The number of benzene rings is 1. The third-order valence-electron chi connectivity index (χ3n) is 2.61. The van der Waals surface area contributed by atoms with E-state index < -0.39 is 0 Å². The first-order chi connectivity index (χ1) is 9.31. The zero-order valence-corrected chi connectivity index (χ0v) is 15.3. The molecule has 0 unspecified atom stereocenters. The van der Waals surface area contributed by atoms with Crippen molar-refractivity contribution in [1.29, 1.82) is 0 Å². The van der Waals surface area contributed by atoms with Gasteiger partial charge in [-0.25, -0.2) is 0 Å². The molecule has 0 aliphatic heterocycles. The summed E-state index contributed by atoms with van der Waals surface area (Å²) in [5.74, 6) is 0.572. The van der Waals surface area contributed by atoms with Gasteiger partial charge in [0.25, 0.3) is 5.91 Å². The number of carbonyl (C=O) groups excluding carboxylic acids is 1. The molecule has 0 fully saturated rings. The molecular weight excluding hydrogens is 388 g/mol. The second-order valence-electron chi connectivity index (χ2n) is 5.00. The minimum absolute atomic E-state index is 0.0216. The molecule has 0 saturated carbocycles. The molecule has 1 amide bonds. The van der Waals surface area contributed by atoms with Crippen molar-refractivity contribution in [3.8, 4) is 5.75 Å². The lowest BCUT2D eigenvalue weighted by Gasteiger charge is -2.15. The second-order valence-corrected chi connectivity index (χ2v) is 6.71. The van der Waals surface area contributed by atoms with Crippen molar-refractivity contribution >= 4 is 37.8 Å². The van der Waals surface area contributed by atoms with Crippen LogP contribution in [0.4, 0.5) is 0 Å². The molecule has 0 spiro atoms. The highest BCUT2D eigenvalue weighted by Gasteiger charge is 2.12. The SMILES string of the molecule is CC(C)NCc1cc(Br)c(OCC(=O)N(C)C)c(Br)c1. The number of halogens is 2. The molecule has 0 aromatic heterocycles. The molecule has 0 saturated heterocycles. The van der Waals surface area contributed by atoms with Crippen molar-refractivity contribution < 1.29 is 9.53 Å². The van der Waals surface area contributed by atoms with Crippen LogP contribution < -0.4 is 10.1 Å². The number of nitrogens with zero attached hydrogens (tertiary/aromatic N) is 1. The Morgan fingerprint density at radius 3 is 2.30 bits per heavy atom. The summed E-state index contributed by atoms with van der Waals surface area (Å²) < 4.78 is 7.23. The summed E-state index contributed by atoms with van der Waals surface area (Å²) >= 11 is 6.97. The first-order valence-electron chi connectivity index (χ1n) is 6.35. The maximum absolute atomic E-state index is 11.5. The Balaban J connectivity index is 2.76. The van der Waals surface area contributed by atoms with Gasteiger partial charge >= 0.3 is 0 Å². The smallest absolute Gasteiger partial charge is 0.259 e. The van der Waals surface area contributed by atoms with Gasteiger partial charge in [0, 0.05) is 26.7 Å². The third kappa shape index (κ3) is 5.42. The van der Waals surface area contributed by atoms with E-state index in [4.69, 9.17) is 4.74 Å². The number of ether oxygens (including phenoxy) is 1. The van der Waals surface area contributed by atoms with Gasteiger partial charge in [0.1, 0.15) is 5.75 Å². The van der Waals surface area contributed by atoms with Crippen molar-refractivity contribution in [2.45, 2.75) is 26.4 Å². The minimum atomic E-state index is -0.0747. The monoisotopic (exact) mass is 406 g/mol. The van der Waals surface area contributed by atoms with Gasteiger partial charge in [-0.3, -0.25) is 4.79 Å². The molecule has 0 aliphatic carbocycles. The van der Waals surface area contributed by atoms with Crippen LogP contribution in [0.15, 0.2) is 21.1 Å². The van der Waals surface area contributed by atoms with Crippen molar-refractivity contribution in [3.05, 3.63) is 26.6 Å². The number of amides is 1. The Labute approximate surface area is 137 Å². The van der Waals surface area contributed by atoms with Gasteiger partial charge in [-0.1, -0.05) is 13.8 Å². The van der Waals surface area contributed by atoms with E-state index in [1.165, 1.54) is 4.90 Å². The van der Waals surface area contributed by atoms with E-state index in [1.54, 1.807) is 14.1 Å². The van der Waals surface area contributed by atoms with Gasteiger partial charge in [0.15, 0.2) is 6.61 Å². The van der Waals surface area contributed by atoms with Gasteiger partial charge < -0.3 is 15.0 Å². The number of nitrogens with one attached hydrogen (secondary N) is 1. The van der Waals surface area contributed by atoms with Crippen LogP contribution in [-0.4, -0.2) is 37.6 Å². The fraction of sp³-hybridized carbons (Fsp3) is 0.500. The van der Waals surface area contributed by atoms with E-state index in [0.717, 1.165) is 21.1 Å². The average molecular weight is 408 g/mol. The summed E-state index contributed by atoms with van der Waals surface area (Å²) in [5, 5.41) is 3.36. The number of rotatable bonds is 6. The number of hydrogen-bond donors (Lipinski definition) is 1. The molecule has 0 radical (unpaired) electrons. The number of likely N-dealkylation sites (N-methyl/N-ethyl adjacent to an activating group) is 1. The minimum Gasteiger partial charge on any atom is -0.481 e. The van der Waals surface area contributed by atoms with Crippen molar-refractivity contribution in [2.75, 3.05) is 20.7 Å². The van der Waals surface area contributed by atoms with E-state index in [2.05, 4.69) is 51.0 Å². The van der Waals surface area contributed by atoms with E-state index in [1.807, 2.05) is 12.1 Å². The summed E-state index contributed by atoms with van der Waals surface area (Å²) in [7, 11) is 3.41. The van der Waals surface area contributed by atoms with Crippen LogP contribution in [0.3, 0.4) is 0 Å². The summed E-state index contributed by atoms with van der Waals surface area (Å²) in [5.41, 5.74) is 1.14. The predicted octanol–water partition coefficient (Wildman–Crippen LogP) is 3.18. The molecule has 1 aromatic carbocycles. The molecule has 0 bridgehead atoms. The standard InChI is InChI=1S/C14H20Br2N2O2/c1-9(2)17-7-10-5-11(15)14(12(16)6-10)20-8-13(19)18(3)4/h5-6,9,17H,7-8H2,1-4H3. The number of carbonyl (C=O) groups is 1. The molecule has 6 heteroatoms. The lowest BCUT2D eigenvalue weighted by molar-refractivity contribution is -0.130. The molecule has 1 N–H and O–H groups in total. The van der Waals surface area contributed by atoms with Gasteiger partial charge in [0.05, 0.1) is 8.95 Å². The average Bonchev–Trinajstić information content (AvgIpc) is 2.34. The lowest BCUT2D eigenvalue weighted by Crippen LogP contribution is -2.27. The van der Waals surface area contributed by atoms with Gasteiger partial charge in [-0.2, -0.15) is 0 Å². The van der Waals surface area contributed by atoms with Gasteiger partial charge in [0.2, 0.25) is 0 Å². The van der Waals surface area contributed by atoms with Crippen LogP contribution in [0.2, 0.25) is 0 Å². The van der Waals surface area contributed by atoms with Gasteiger partial charge in [-0.15, -0.1) is 0 Å². The van der Waals surface area contributed by atoms with Crippen LogP contribution in [0.5, 0.6) is 5.75 Å². The Morgan fingerprint density at radius 2 is 1.85 bits per heavy atom. The molecule has 20 heavy (non-hydrogen) atoms. The predicted molar refractivity (Wildman–Crippen MR) is 88.0 cm³/mol. The van der Waals surface area contributed by atoms with Crippen LogP contribution >= 0.6 is 31.9 Å². The highest BCUT2D eigenvalue weighted by Crippen LogP contribution is 2.34. The number of hydrogen-bond acceptors (Lipinski definition) is 3. The van der Waals surface area contributed by atoms with E-state index in [9.17, 15) is 4.79 Å². The lowest BCUT2D eigenvalue weighted by atomic mass is 10.2. The quantitative estimate of drug-likeness (QED) is 0.787. The molecule has 1 rings (SSSR count). The Bertz CT molecular complexity index is 453. The van der Waals surface area contributed by atoms with Gasteiger partial charge in [-0.05, 0) is 49.6 Å². The first kappa shape index (κ1) is 17.5. The van der Waals surface area contributed by atoms with Crippen LogP contribution in [0, 0.1) is 0 Å². The van der Waals surface area contributed by atoms with Crippen LogP contribution in [0.25, 0.3) is 0 Å². The fourth-order valence-corrected chi connectivity index (χ4v) is 2.95. The van der Waals surface area contributed by atoms with Crippen molar-refractivity contribution in [2.24, 2.45) is 0 Å². The summed E-state index contributed by atoms with van der Waals surface area (Å²) in [6, 6.07) is 4.42. The Hall–Kier alpha value is -0.590. The first-order valence-corrected chi connectivity index (χ1v) is 7.94. The summed E-state index contributed by atoms with van der Waals surface area (Å²) in [6.07, 6.45) is 0. The van der Waals surface area contributed by atoms with Crippen molar-refractivity contribution in [1.82, 2.24) is 10.2 Å². The second kappa shape index (κ2) is 8.00. The molecule has 112 valence electrons. The fourth-order valence-electron chi connectivity index (χ4n) is 1.44. The molecule has 0 heterocycles. The largest absolute Gasteiger partial charge is 0.481 e. The molecule has 0 aliphatic rings. The Kier molecular flexibility index (Phi) is 6.99. The molecule has 1 aromatic rings. The maximum atomic E-state index is 11.5. The zero-order chi connectivity index (χ0) is 15.3. The summed E-state index contributed by atoms with van der Waals surface area (Å²) in [4.78, 5) is 13.0. The van der Waals surface area contributed by atoms with E-state index >= 15 is 0 Å². The molecule has 0 atom stereocenters. The van der Waals surface area contributed by atoms with Crippen LogP contribution in [-0.2, 0) is 11.3 Å². The topological polar surface area (TPSA) is 41.6 Å². The third-order valence-corrected chi connectivity index (χ3v) is 3.79. The highest BCUT2D eigenvalue weighted by atomic mass is 79.9. The highest BCUT2D eigenvalue weighted by molar-refractivity contribution is 9.11. The maximum Gasteiger partial charge on any atom is 0.259 e. The normalized spacial score (nSPS) is 10.8. The van der Waals surface area contributed by atoms with Crippen molar-refractivity contribution in [3.63, 3.8) is 0 Å².